The van der Waals surface area contributed by atoms with E-state index in [4.69, 9.17) is 5.10 Å². The number of carbonyl (C=O) groups excluding carboxylic acids is 1. The average molecular weight is 544 g/mol. The lowest BCUT2D eigenvalue weighted by atomic mass is 9.87. The van der Waals surface area contributed by atoms with Crippen LogP contribution in [0.1, 0.15) is 48.0 Å². The number of carbonyl (C=O) groups is 1. The Kier molecular flexibility index (Phi) is 8.76. The lowest BCUT2D eigenvalue weighted by molar-refractivity contribution is 0.102. The molecule has 3 aromatic heterocycles. The fraction of sp³-hybridized carbons (Fsp3) is 0.345. The van der Waals surface area contributed by atoms with Crippen LogP contribution in [0, 0.1) is 6.92 Å². The van der Waals surface area contributed by atoms with E-state index >= 15 is 0 Å². The van der Waals surface area contributed by atoms with E-state index in [1.165, 1.54) is 6.33 Å². The Morgan fingerprint density at radius 2 is 1.90 bits per heavy atom. The van der Waals surface area contributed by atoms with Crippen LogP contribution in [-0.2, 0) is 12.0 Å². The van der Waals surface area contributed by atoms with Crippen molar-refractivity contribution >= 4 is 28.9 Å². The topological polar surface area (TPSA) is 133 Å². The van der Waals surface area contributed by atoms with Crippen molar-refractivity contribution in [3.63, 3.8) is 0 Å². The molecule has 4 N–H and O–H groups in total. The third kappa shape index (κ3) is 6.99. The van der Waals surface area contributed by atoms with Gasteiger partial charge in [0.1, 0.15) is 18.0 Å². The Hall–Kier alpha value is -4.35. The number of benzene rings is 1. The molecule has 0 unspecified atom stereocenters. The van der Waals surface area contributed by atoms with E-state index in [0.29, 0.717) is 41.8 Å². The van der Waals surface area contributed by atoms with Crippen molar-refractivity contribution in [2.24, 2.45) is 0 Å². The van der Waals surface area contributed by atoms with Gasteiger partial charge in [-0.1, -0.05) is 26.8 Å². The zero-order chi connectivity index (χ0) is 28.9. The second-order valence-electron chi connectivity index (χ2n) is 10.7. The first kappa shape index (κ1) is 28.7. The molecule has 0 saturated carbocycles. The Labute approximate surface area is 234 Å². The van der Waals surface area contributed by atoms with Gasteiger partial charge in [0.2, 0.25) is 0 Å². The largest absolute Gasteiger partial charge is 0.395 e. The van der Waals surface area contributed by atoms with Crippen molar-refractivity contribution in [2.75, 3.05) is 43.2 Å². The highest BCUT2D eigenvalue weighted by Gasteiger charge is 2.18. The maximum absolute atomic E-state index is 13.1. The molecule has 0 aliphatic rings. The molecular weight excluding hydrogens is 506 g/mol. The number of hydrogen-bond acceptors (Lipinski definition) is 9. The fourth-order valence-corrected chi connectivity index (χ4v) is 4.05. The van der Waals surface area contributed by atoms with Crippen LogP contribution in [0.4, 0.5) is 23.0 Å². The minimum absolute atomic E-state index is 0.0635. The van der Waals surface area contributed by atoms with Crippen molar-refractivity contribution in [3.8, 4) is 5.82 Å². The quantitative estimate of drug-likeness (QED) is 0.233. The van der Waals surface area contributed by atoms with Crippen LogP contribution in [0.15, 0.2) is 55.1 Å². The summed E-state index contributed by atoms with van der Waals surface area (Å²) in [5, 5.41) is 23.6. The van der Waals surface area contributed by atoms with Gasteiger partial charge in [0.05, 0.1) is 17.9 Å². The summed E-state index contributed by atoms with van der Waals surface area (Å²) in [4.78, 5) is 28.0. The van der Waals surface area contributed by atoms with Gasteiger partial charge in [-0.15, -0.1) is 0 Å². The van der Waals surface area contributed by atoms with Gasteiger partial charge >= 0.3 is 0 Å². The second-order valence-corrected chi connectivity index (χ2v) is 10.7. The summed E-state index contributed by atoms with van der Waals surface area (Å²) in [6, 6.07) is 11.3. The van der Waals surface area contributed by atoms with E-state index in [1.807, 2.05) is 55.3 Å². The molecule has 11 heteroatoms. The van der Waals surface area contributed by atoms with E-state index in [2.05, 4.69) is 51.7 Å². The number of hydrogen-bond donors (Lipinski definition) is 4. The number of amides is 1. The summed E-state index contributed by atoms with van der Waals surface area (Å²) >= 11 is 0. The predicted molar refractivity (Wildman–Crippen MR) is 157 cm³/mol. The van der Waals surface area contributed by atoms with E-state index < -0.39 is 0 Å². The molecule has 0 saturated heterocycles. The van der Waals surface area contributed by atoms with Gasteiger partial charge in [0.25, 0.3) is 5.91 Å². The third-order valence-corrected chi connectivity index (χ3v) is 6.42. The summed E-state index contributed by atoms with van der Waals surface area (Å²) in [6.45, 7) is 9.40. The number of aromatic nitrogens is 5. The minimum Gasteiger partial charge on any atom is -0.395 e. The Bertz CT molecular complexity index is 1480. The highest BCUT2D eigenvalue weighted by molar-refractivity contribution is 6.04. The van der Waals surface area contributed by atoms with Crippen LogP contribution in [0.3, 0.4) is 0 Å². The van der Waals surface area contributed by atoms with Crippen LogP contribution in [0.5, 0.6) is 0 Å². The molecule has 0 bridgehead atoms. The highest BCUT2D eigenvalue weighted by Crippen LogP contribution is 2.28. The first-order valence-electron chi connectivity index (χ1n) is 13.1. The molecule has 4 rings (SSSR count). The van der Waals surface area contributed by atoms with Crippen molar-refractivity contribution < 1.29 is 9.90 Å². The lowest BCUT2D eigenvalue weighted by Crippen LogP contribution is -2.21. The van der Waals surface area contributed by atoms with Gasteiger partial charge in [-0.2, -0.15) is 9.78 Å². The number of anilines is 4. The van der Waals surface area contributed by atoms with Gasteiger partial charge < -0.3 is 21.1 Å². The zero-order valence-electron chi connectivity index (χ0n) is 23.9. The monoisotopic (exact) mass is 543 g/mol. The van der Waals surface area contributed by atoms with Gasteiger partial charge in [-0.25, -0.2) is 9.97 Å². The number of pyridine rings is 1. The van der Waals surface area contributed by atoms with Crippen molar-refractivity contribution in [1.82, 2.24) is 29.6 Å². The summed E-state index contributed by atoms with van der Waals surface area (Å²) in [5.74, 6) is 1.72. The minimum atomic E-state index is -0.228. The normalized spacial score (nSPS) is 11.5. The summed E-state index contributed by atoms with van der Waals surface area (Å²) in [5.41, 5.74) is 4.62. The Balaban J connectivity index is 1.63. The zero-order valence-corrected chi connectivity index (χ0v) is 23.9. The van der Waals surface area contributed by atoms with Gasteiger partial charge in [0.15, 0.2) is 5.82 Å². The van der Waals surface area contributed by atoms with E-state index in [-0.39, 0.29) is 17.9 Å². The summed E-state index contributed by atoms with van der Waals surface area (Å²) in [7, 11) is 3.72. The molecule has 0 atom stereocenters. The number of likely N-dealkylation sites (N-methyl/N-ethyl adjacent to an activating group) is 1. The number of nitrogens with zero attached hydrogens (tertiary/aromatic N) is 6. The summed E-state index contributed by atoms with van der Waals surface area (Å²) in [6.07, 6.45) is 4.85. The van der Waals surface area contributed by atoms with Crippen LogP contribution in [0.2, 0.25) is 0 Å². The number of aryl methyl sites for hydroxylation is 1. The lowest BCUT2D eigenvalue weighted by Gasteiger charge is -2.19. The Morgan fingerprint density at radius 3 is 2.62 bits per heavy atom. The van der Waals surface area contributed by atoms with Crippen LogP contribution < -0.4 is 16.0 Å². The molecule has 11 nitrogen and oxygen atoms in total. The molecule has 40 heavy (non-hydrogen) atoms. The first-order valence-corrected chi connectivity index (χ1v) is 13.1. The summed E-state index contributed by atoms with van der Waals surface area (Å²) < 4.78 is 1.72. The molecule has 210 valence electrons. The Morgan fingerprint density at radius 1 is 1.10 bits per heavy atom. The number of aliphatic hydroxyl groups excluding tert-OH is 1. The van der Waals surface area contributed by atoms with Gasteiger partial charge in [-0.05, 0) is 48.7 Å². The van der Waals surface area contributed by atoms with Gasteiger partial charge in [0, 0.05) is 56.0 Å². The molecule has 0 aliphatic heterocycles. The first-order chi connectivity index (χ1) is 19.1. The fourth-order valence-electron chi connectivity index (χ4n) is 4.05. The molecule has 0 radical (unpaired) electrons. The van der Waals surface area contributed by atoms with Crippen molar-refractivity contribution in [2.45, 2.75) is 39.7 Å². The molecule has 1 aromatic carbocycles. The van der Waals surface area contributed by atoms with E-state index in [9.17, 15) is 9.90 Å². The third-order valence-electron chi connectivity index (χ3n) is 6.42. The molecule has 4 aromatic rings. The standard InChI is InChI=1S/C29H37N9O2/c1-19-7-8-22(34-28(40)20-11-21(16-31-15-20)29(2,3)4)12-24(19)35-27-13-23(17-37(6)9-10-39)36-38(27)26-14-25(30-5)32-18-33-26/h7-8,11-16,18,35,39H,9-10,17H2,1-6H3,(H,34,40)(H,30,32,33). The second kappa shape index (κ2) is 12.2. The van der Waals surface area contributed by atoms with Crippen LogP contribution in [-0.4, -0.2) is 67.9 Å². The van der Waals surface area contributed by atoms with Crippen molar-refractivity contribution in [1.29, 1.82) is 0 Å². The maximum atomic E-state index is 13.1. The molecular formula is C29H37N9O2. The molecule has 1 amide bonds. The van der Waals surface area contributed by atoms with Gasteiger partial charge in [-0.3, -0.25) is 14.7 Å². The molecule has 0 spiro atoms. The SMILES string of the molecule is CNc1cc(-n2nc(CN(C)CCO)cc2Nc2cc(NC(=O)c3cncc(C(C)(C)C)c3)ccc2C)ncn1. The molecule has 0 aliphatic carbocycles. The molecule has 3 heterocycles. The smallest absolute Gasteiger partial charge is 0.257 e. The maximum Gasteiger partial charge on any atom is 0.257 e. The highest BCUT2D eigenvalue weighted by atomic mass is 16.3. The average Bonchev–Trinajstić information content (AvgIpc) is 3.32. The number of aliphatic hydroxyl groups is 1. The van der Waals surface area contributed by atoms with Crippen LogP contribution >= 0.6 is 0 Å². The predicted octanol–water partition coefficient (Wildman–Crippen LogP) is 4.12. The molecule has 0 fully saturated rings. The van der Waals surface area contributed by atoms with E-state index in [0.717, 1.165) is 22.5 Å². The van der Waals surface area contributed by atoms with Crippen molar-refractivity contribution in [3.05, 3.63) is 77.5 Å². The van der Waals surface area contributed by atoms with E-state index in [1.54, 1.807) is 24.1 Å². The van der Waals surface area contributed by atoms with Crippen LogP contribution in [0.25, 0.3) is 5.82 Å². The number of nitrogens with one attached hydrogen (secondary N) is 3. The number of rotatable bonds is 10.